The van der Waals surface area contributed by atoms with E-state index in [0.29, 0.717) is 12.2 Å². The minimum Gasteiger partial charge on any atom is -0.378 e. The van der Waals surface area contributed by atoms with Crippen molar-refractivity contribution in [2.75, 3.05) is 11.9 Å². The zero-order valence-electron chi connectivity index (χ0n) is 11.3. The minimum absolute atomic E-state index is 0.0978. The highest BCUT2D eigenvalue weighted by molar-refractivity contribution is 7.89. The summed E-state index contributed by atoms with van der Waals surface area (Å²) in [6.07, 6.45) is 1.84. The van der Waals surface area contributed by atoms with Gasteiger partial charge < -0.3 is 11.1 Å². The fraction of sp³-hybridized carbons (Fsp3) is 0.538. The van der Waals surface area contributed by atoms with Gasteiger partial charge in [0.1, 0.15) is 4.90 Å². The van der Waals surface area contributed by atoms with Crippen LogP contribution in [0.2, 0.25) is 0 Å². The number of anilines is 1. The summed E-state index contributed by atoms with van der Waals surface area (Å²) in [4.78, 5) is 0.281. The Balaban J connectivity index is 2.30. The van der Waals surface area contributed by atoms with E-state index in [2.05, 4.69) is 10.0 Å². The normalized spacial score (nSPS) is 16.4. The number of hydrogen-bond acceptors (Lipinski definition) is 4. The van der Waals surface area contributed by atoms with Gasteiger partial charge in [-0.1, -0.05) is 12.1 Å². The summed E-state index contributed by atoms with van der Waals surface area (Å²) in [5.41, 5.74) is 5.91. The summed E-state index contributed by atoms with van der Waals surface area (Å²) >= 11 is 0. The summed E-state index contributed by atoms with van der Waals surface area (Å²) < 4.78 is 27.3. The molecular formula is C13H21N3O2S. The topological polar surface area (TPSA) is 84.2 Å². The molecule has 0 spiro atoms. The van der Waals surface area contributed by atoms with E-state index in [9.17, 15) is 8.42 Å². The average molecular weight is 283 g/mol. The SMILES string of the molecule is CC(C)(CN)Nc1ccccc1S(=O)(=O)NC1CC1. The van der Waals surface area contributed by atoms with Crippen LogP contribution < -0.4 is 15.8 Å². The van der Waals surface area contributed by atoms with Crippen molar-refractivity contribution in [1.82, 2.24) is 4.72 Å². The van der Waals surface area contributed by atoms with Crippen LogP contribution in [-0.4, -0.2) is 26.5 Å². The van der Waals surface area contributed by atoms with Crippen LogP contribution in [0, 0.1) is 0 Å². The van der Waals surface area contributed by atoms with E-state index in [0.717, 1.165) is 12.8 Å². The van der Waals surface area contributed by atoms with E-state index in [1.165, 1.54) is 0 Å². The molecule has 0 atom stereocenters. The molecule has 4 N–H and O–H groups in total. The van der Waals surface area contributed by atoms with Crippen LogP contribution >= 0.6 is 0 Å². The highest BCUT2D eigenvalue weighted by atomic mass is 32.2. The first-order chi connectivity index (χ1) is 8.84. The molecule has 6 heteroatoms. The number of hydrogen-bond donors (Lipinski definition) is 3. The van der Waals surface area contributed by atoms with Crippen molar-refractivity contribution in [3.63, 3.8) is 0 Å². The van der Waals surface area contributed by atoms with Gasteiger partial charge in [0.15, 0.2) is 0 Å². The molecule has 2 rings (SSSR count). The second-order valence-electron chi connectivity index (χ2n) is 5.60. The molecule has 0 aromatic heterocycles. The van der Waals surface area contributed by atoms with Gasteiger partial charge in [0.25, 0.3) is 0 Å². The smallest absolute Gasteiger partial charge is 0.242 e. The molecular weight excluding hydrogens is 262 g/mol. The molecule has 1 fully saturated rings. The maximum Gasteiger partial charge on any atom is 0.242 e. The van der Waals surface area contributed by atoms with Crippen LogP contribution in [0.4, 0.5) is 5.69 Å². The van der Waals surface area contributed by atoms with Crippen LogP contribution in [0.3, 0.4) is 0 Å². The van der Waals surface area contributed by atoms with Crippen molar-refractivity contribution in [3.8, 4) is 0 Å². The maximum atomic E-state index is 12.3. The number of nitrogens with two attached hydrogens (primary N) is 1. The average Bonchev–Trinajstić information content (AvgIpc) is 3.12. The largest absolute Gasteiger partial charge is 0.378 e. The summed E-state index contributed by atoms with van der Waals surface area (Å²) in [5, 5.41) is 3.19. The lowest BCUT2D eigenvalue weighted by molar-refractivity contribution is 0.571. The van der Waals surface area contributed by atoms with E-state index in [-0.39, 0.29) is 16.5 Å². The molecule has 1 aromatic carbocycles. The first kappa shape index (κ1) is 14.3. The summed E-state index contributed by atoms with van der Waals surface area (Å²) in [5.74, 6) is 0. The maximum absolute atomic E-state index is 12.3. The van der Waals surface area contributed by atoms with E-state index >= 15 is 0 Å². The third-order valence-electron chi connectivity index (χ3n) is 3.06. The molecule has 0 amide bonds. The Bertz CT molecular complexity index is 551. The molecule has 0 heterocycles. The Labute approximate surface area is 114 Å². The molecule has 0 unspecified atom stereocenters. The van der Waals surface area contributed by atoms with Crippen molar-refractivity contribution in [2.24, 2.45) is 5.73 Å². The molecule has 0 aliphatic heterocycles. The van der Waals surface area contributed by atoms with E-state index in [1.807, 2.05) is 19.9 Å². The lowest BCUT2D eigenvalue weighted by Crippen LogP contribution is -2.40. The monoisotopic (exact) mass is 283 g/mol. The van der Waals surface area contributed by atoms with Gasteiger partial charge in [-0.15, -0.1) is 0 Å². The number of para-hydroxylation sites is 1. The zero-order valence-corrected chi connectivity index (χ0v) is 12.1. The number of nitrogens with one attached hydrogen (secondary N) is 2. The Kier molecular flexibility index (Phi) is 3.85. The number of sulfonamides is 1. The molecule has 1 aliphatic rings. The van der Waals surface area contributed by atoms with Gasteiger partial charge in [-0.05, 0) is 38.8 Å². The van der Waals surface area contributed by atoms with Crippen molar-refractivity contribution in [3.05, 3.63) is 24.3 Å². The lowest BCUT2D eigenvalue weighted by atomic mass is 10.1. The quantitative estimate of drug-likeness (QED) is 0.734. The van der Waals surface area contributed by atoms with Crippen LogP contribution in [0.25, 0.3) is 0 Å². The lowest BCUT2D eigenvalue weighted by Gasteiger charge is -2.27. The zero-order chi connectivity index (χ0) is 14.1. The molecule has 0 radical (unpaired) electrons. The molecule has 1 aromatic rings. The van der Waals surface area contributed by atoms with Crippen LogP contribution in [-0.2, 0) is 10.0 Å². The molecule has 5 nitrogen and oxygen atoms in total. The van der Waals surface area contributed by atoms with Gasteiger partial charge in [-0.25, -0.2) is 13.1 Å². The Hall–Kier alpha value is -1.11. The Morgan fingerprint density at radius 2 is 1.95 bits per heavy atom. The van der Waals surface area contributed by atoms with Gasteiger partial charge >= 0.3 is 0 Å². The van der Waals surface area contributed by atoms with Crippen molar-refractivity contribution >= 4 is 15.7 Å². The highest BCUT2D eigenvalue weighted by Gasteiger charge is 2.30. The van der Waals surface area contributed by atoms with E-state index in [1.54, 1.807) is 18.2 Å². The molecule has 0 saturated heterocycles. The third kappa shape index (κ3) is 3.68. The second-order valence-corrected chi connectivity index (χ2v) is 7.29. The predicted molar refractivity (Wildman–Crippen MR) is 76.5 cm³/mol. The summed E-state index contributed by atoms with van der Waals surface area (Å²) in [6.45, 7) is 4.28. The molecule has 1 saturated carbocycles. The van der Waals surface area contributed by atoms with Gasteiger partial charge in [0.05, 0.1) is 5.69 Å². The number of benzene rings is 1. The molecule has 19 heavy (non-hydrogen) atoms. The summed E-state index contributed by atoms with van der Waals surface area (Å²) in [6, 6.07) is 7.01. The number of rotatable bonds is 6. The fourth-order valence-corrected chi connectivity index (χ4v) is 3.17. The summed E-state index contributed by atoms with van der Waals surface area (Å²) in [7, 11) is -3.46. The van der Waals surface area contributed by atoms with E-state index < -0.39 is 10.0 Å². The van der Waals surface area contributed by atoms with Crippen LogP contribution in [0.1, 0.15) is 26.7 Å². The highest BCUT2D eigenvalue weighted by Crippen LogP contribution is 2.27. The van der Waals surface area contributed by atoms with Crippen molar-refractivity contribution < 1.29 is 8.42 Å². The standard InChI is InChI=1S/C13H21N3O2S/c1-13(2,9-14)15-11-5-3-4-6-12(11)19(17,18)16-10-7-8-10/h3-6,10,15-16H,7-9,14H2,1-2H3. The van der Waals surface area contributed by atoms with Crippen LogP contribution in [0.15, 0.2) is 29.2 Å². The van der Waals surface area contributed by atoms with E-state index in [4.69, 9.17) is 5.73 Å². The van der Waals surface area contributed by atoms with Crippen molar-refractivity contribution in [1.29, 1.82) is 0 Å². The molecule has 1 aliphatic carbocycles. The molecule has 106 valence electrons. The Morgan fingerprint density at radius 3 is 2.53 bits per heavy atom. The van der Waals surface area contributed by atoms with Gasteiger partial charge in [0, 0.05) is 18.1 Å². The van der Waals surface area contributed by atoms with Gasteiger partial charge in [0.2, 0.25) is 10.0 Å². The fourth-order valence-electron chi connectivity index (χ4n) is 1.70. The first-order valence-corrected chi connectivity index (χ1v) is 7.92. The van der Waals surface area contributed by atoms with Gasteiger partial charge in [-0.2, -0.15) is 0 Å². The molecule has 0 bridgehead atoms. The second kappa shape index (κ2) is 5.11. The third-order valence-corrected chi connectivity index (χ3v) is 4.64. The van der Waals surface area contributed by atoms with Crippen LogP contribution in [0.5, 0.6) is 0 Å². The van der Waals surface area contributed by atoms with Gasteiger partial charge in [-0.3, -0.25) is 0 Å². The Morgan fingerprint density at radius 1 is 1.32 bits per heavy atom. The predicted octanol–water partition coefficient (Wildman–Crippen LogP) is 1.28. The minimum atomic E-state index is -3.46. The first-order valence-electron chi connectivity index (χ1n) is 6.44. The van der Waals surface area contributed by atoms with Crippen molar-refractivity contribution in [2.45, 2.75) is 43.2 Å².